The van der Waals surface area contributed by atoms with Crippen LogP contribution in [0.5, 0.6) is 5.75 Å². The zero-order valence-electron chi connectivity index (χ0n) is 16.9. The van der Waals surface area contributed by atoms with Crippen molar-refractivity contribution in [2.75, 3.05) is 7.11 Å². The van der Waals surface area contributed by atoms with Gasteiger partial charge in [-0.2, -0.15) is 0 Å². The first kappa shape index (κ1) is 22.6. The number of non-ortho nitro benzene ring substituents is 1. The number of hydrogen-bond donors (Lipinski definition) is 0. The summed E-state index contributed by atoms with van der Waals surface area (Å²) >= 11 is 6.75. The second kappa shape index (κ2) is 9.08. The number of rotatable bonds is 6. The summed E-state index contributed by atoms with van der Waals surface area (Å²) in [4.78, 5) is 36.7. The Morgan fingerprint density at radius 3 is 2.70 bits per heavy atom. The van der Waals surface area contributed by atoms with Crippen molar-refractivity contribution in [1.82, 2.24) is 4.90 Å². The van der Waals surface area contributed by atoms with Crippen LogP contribution in [0.2, 0.25) is 5.02 Å². The number of nitro benzene ring substituents is 1. The van der Waals surface area contributed by atoms with E-state index in [-0.39, 0.29) is 27.9 Å². The Labute approximate surface area is 195 Å². The second-order valence-electron chi connectivity index (χ2n) is 6.85. The first-order valence-electron chi connectivity index (χ1n) is 9.38. The Kier molecular flexibility index (Phi) is 6.21. The molecule has 2 amide bonds. The number of imide groups is 1. The Morgan fingerprint density at radius 2 is 2.00 bits per heavy atom. The summed E-state index contributed by atoms with van der Waals surface area (Å²) < 4.78 is 24.2. The van der Waals surface area contributed by atoms with Crippen molar-refractivity contribution < 1.29 is 28.1 Å². The number of furan rings is 1. The topological polar surface area (TPSA) is 103 Å². The van der Waals surface area contributed by atoms with Gasteiger partial charge in [-0.3, -0.25) is 24.6 Å². The van der Waals surface area contributed by atoms with E-state index in [0.29, 0.717) is 22.6 Å². The highest BCUT2D eigenvalue weighted by Crippen LogP contribution is 2.37. The fourth-order valence-corrected chi connectivity index (χ4v) is 4.20. The second-order valence-corrected chi connectivity index (χ2v) is 8.25. The number of carbonyl (C=O) groups is 2. The van der Waals surface area contributed by atoms with Crippen LogP contribution in [0.25, 0.3) is 17.4 Å². The highest BCUT2D eigenvalue weighted by molar-refractivity contribution is 8.18. The Morgan fingerprint density at radius 1 is 1.21 bits per heavy atom. The molecule has 2 heterocycles. The molecule has 0 N–H and O–H groups in total. The minimum absolute atomic E-state index is 0.0927. The maximum absolute atomic E-state index is 13.3. The van der Waals surface area contributed by atoms with Crippen molar-refractivity contribution in [3.8, 4) is 17.1 Å². The highest BCUT2D eigenvalue weighted by Gasteiger charge is 2.35. The van der Waals surface area contributed by atoms with Gasteiger partial charge in [0.25, 0.3) is 16.8 Å². The van der Waals surface area contributed by atoms with E-state index in [9.17, 15) is 24.1 Å². The van der Waals surface area contributed by atoms with Crippen LogP contribution in [-0.2, 0) is 11.3 Å². The molecule has 0 saturated carbocycles. The molecule has 4 rings (SSSR count). The zero-order chi connectivity index (χ0) is 23.7. The lowest BCUT2D eigenvalue weighted by Gasteiger charge is -2.13. The molecular weight excluding hydrogens is 475 g/mol. The molecule has 33 heavy (non-hydrogen) atoms. The molecule has 8 nitrogen and oxygen atoms in total. The van der Waals surface area contributed by atoms with Crippen molar-refractivity contribution in [1.29, 1.82) is 0 Å². The molecule has 1 fully saturated rings. The number of nitrogens with zero attached hydrogens (tertiary/aromatic N) is 2. The van der Waals surface area contributed by atoms with Crippen molar-refractivity contribution in [3.63, 3.8) is 0 Å². The van der Waals surface area contributed by atoms with Gasteiger partial charge in [-0.15, -0.1) is 0 Å². The molecule has 3 aromatic rings. The molecule has 0 unspecified atom stereocenters. The lowest BCUT2D eigenvalue weighted by molar-refractivity contribution is -0.384. The molecule has 0 radical (unpaired) electrons. The molecule has 2 aromatic carbocycles. The van der Waals surface area contributed by atoms with E-state index < -0.39 is 21.9 Å². The van der Waals surface area contributed by atoms with E-state index in [1.807, 2.05) is 0 Å². The van der Waals surface area contributed by atoms with Crippen LogP contribution in [0, 0.1) is 15.9 Å². The number of carbonyl (C=O) groups excluding carboxylic acids is 2. The summed E-state index contributed by atoms with van der Waals surface area (Å²) in [7, 11) is 1.38. The third-order valence-corrected chi connectivity index (χ3v) is 6.04. The van der Waals surface area contributed by atoms with Gasteiger partial charge in [0.1, 0.15) is 23.1 Å². The molecule has 1 aliphatic heterocycles. The quantitative estimate of drug-likeness (QED) is 0.242. The zero-order valence-corrected chi connectivity index (χ0v) is 18.5. The molecular formula is C22H14ClFN2O6S. The molecule has 11 heteroatoms. The largest absolute Gasteiger partial charge is 0.496 e. The van der Waals surface area contributed by atoms with E-state index in [2.05, 4.69) is 0 Å². The third kappa shape index (κ3) is 4.62. The highest BCUT2D eigenvalue weighted by atomic mass is 35.5. The Hall–Kier alpha value is -3.63. The third-order valence-electron chi connectivity index (χ3n) is 4.78. The number of methoxy groups -OCH3 is 1. The van der Waals surface area contributed by atoms with Crippen molar-refractivity contribution >= 4 is 46.3 Å². The van der Waals surface area contributed by atoms with Crippen LogP contribution in [0.1, 0.15) is 11.3 Å². The monoisotopic (exact) mass is 488 g/mol. The maximum atomic E-state index is 13.3. The van der Waals surface area contributed by atoms with E-state index in [4.69, 9.17) is 20.8 Å². The normalized spacial score (nSPS) is 14.9. The van der Waals surface area contributed by atoms with Gasteiger partial charge in [-0.05, 0) is 47.7 Å². The lowest BCUT2D eigenvalue weighted by atomic mass is 10.1. The van der Waals surface area contributed by atoms with Crippen molar-refractivity contribution in [2.24, 2.45) is 0 Å². The van der Waals surface area contributed by atoms with E-state index >= 15 is 0 Å². The van der Waals surface area contributed by atoms with E-state index in [1.165, 1.54) is 43.5 Å². The SMILES string of the molecule is COc1cc([N+](=O)[O-])ccc1-c1ccc(/C=C2/SC(=O)N(Cc3ccc(F)cc3Cl)C2=O)o1. The predicted molar refractivity (Wildman–Crippen MR) is 120 cm³/mol. The van der Waals surface area contributed by atoms with Crippen LogP contribution < -0.4 is 4.74 Å². The molecule has 0 atom stereocenters. The molecule has 0 spiro atoms. The predicted octanol–water partition coefficient (Wildman–Crippen LogP) is 5.89. The molecule has 1 aromatic heterocycles. The number of halogens is 2. The first-order chi connectivity index (χ1) is 15.8. The van der Waals surface area contributed by atoms with Gasteiger partial charge in [-0.1, -0.05) is 17.7 Å². The first-order valence-corrected chi connectivity index (χ1v) is 10.6. The van der Waals surface area contributed by atoms with Crippen LogP contribution in [0.15, 0.2) is 57.9 Å². The molecule has 1 saturated heterocycles. The summed E-state index contributed by atoms with van der Waals surface area (Å²) in [5, 5.41) is 10.6. The Bertz CT molecular complexity index is 1320. The fourth-order valence-electron chi connectivity index (χ4n) is 3.16. The number of hydrogen-bond acceptors (Lipinski definition) is 7. The standard InChI is InChI=1S/C22H14ClFN2O6S/c1-31-19-9-14(26(29)30)4-6-16(19)18-7-5-15(32-18)10-20-21(27)25(22(28)33-20)11-12-2-3-13(24)8-17(12)23/h2-10H,11H2,1H3/b20-10+. The summed E-state index contributed by atoms with van der Waals surface area (Å²) in [5.74, 6) is -0.130. The molecule has 0 bridgehead atoms. The van der Waals surface area contributed by atoms with Crippen LogP contribution >= 0.6 is 23.4 Å². The number of ether oxygens (including phenoxy) is 1. The Balaban J connectivity index is 1.57. The summed E-state index contributed by atoms with van der Waals surface area (Å²) in [6.07, 6.45) is 1.43. The average molecular weight is 489 g/mol. The van der Waals surface area contributed by atoms with E-state index in [0.717, 1.165) is 22.7 Å². The molecule has 0 aliphatic carbocycles. The molecule has 168 valence electrons. The average Bonchev–Trinajstić information content (AvgIpc) is 3.35. The van der Waals surface area contributed by atoms with Crippen LogP contribution in [0.4, 0.5) is 14.9 Å². The van der Waals surface area contributed by atoms with Crippen molar-refractivity contribution in [2.45, 2.75) is 6.54 Å². The maximum Gasteiger partial charge on any atom is 0.293 e. The molecule has 1 aliphatic rings. The van der Waals surface area contributed by atoms with Gasteiger partial charge in [-0.25, -0.2) is 4.39 Å². The van der Waals surface area contributed by atoms with Crippen LogP contribution in [-0.4, -0.2) is 28.1 Å². The summed E-state index contributed by atoms with van der Waals surface area (Å²) in [5.41, 5.74) is 0.797. The van der Waals surface area contributed by atoms with E-state index in [1.54, 1.807) is 12.1 Å². The van der Waals surface area contributed by atoms with Gasteiger partial charge in [0.2, 0.25) is 0 Å². The number of benzene rings is 2. The fraction of sp³-hybridized carbons (Fsp3) is 0.0909. The number of amides is 2. The summed E-state index contributed by atoms with van der Waals surface area (Å²) in [6, 6.07) is 11.1. The minimum atomic E-state index is -0.533. The smallest absolute Gasteiger partial charge is 0.293 e. The van der Waals surface area contributed by atoms with Crippen LogP contribution in [0.3, 0.4) is 0 Å². The van der Waals surface area contributed by atoms with Gasteiger partial charge in [0, 0.05) is 17.2 Å². The number of thioether (sulfide) groups is 1. The van der Waals surface area contributed by atoms with Gasteiger partial charge >= 0.3 is 0 Å². The summed E-state index contributed by atoms with van der Waals surface area (Å²) in [6.45, 7) is -0.0927. The minimum Gasteiger partial charge on any atom is -0.496 e. The van der Waals surface area contributed by atoms with Crippen molar-refractivity contribution in [3.05, 3.63) is 85.7 Å². The van der Waals surface area contributed by atoms with Gasteiger partial charge < -0.3 is 9.15 Å². The number of nitro groups is 1. The lowest BCUT2D eigenvalue weighted by Crippen LogP contribution is -2.27. The van der Waals surface area contributed by atoms with Gasteiger partial charge in [0.15, 0.2) is 0 Å². The van der Waals surface area contributed by atoms with Gasteiger partial charge in [0.05, 0.1) is 35.1 Å².